The largest absolute Gasteiger partial charge is 0.450 e. The summed E-state index contributed by atoms with van der Waals surface area (Å²) in [6.45, 7) is 5.00. The van der Waals surface area contributed by atoms with Crippen molar-refractivity contribution < 1.29 is 9.53 Å². The first kappa shape index (κ1) is 23.1. The zero-order chi connectivity index (χ0) is 19.1. The summed E-state index contributed by atoms with van der Waals surface area (Å²) in [5.74, 6) is 1.34. The lowest BCUT2D eigenvalue weighted by atomic mass is 10.1. The maximum atomic E-state index is 11.7. The number of alkyl carbamates (subject to hydrolysis) is 1. The van der Waals surface area contributed by atoms with Crippen LogP contribution >= 0.6 is 35.3 Å². The van der Waals surface area contributed by atoms with Gasteiger partial charge in [0.25, 0.3) is 0 Å². The summed E-state index contributed by atoms with van der Waals surface area (Å²) >= 11 is 1.80. The van der Waals surface area contributed by atoms with E-state index in [0.717, 1.165) is 44.7 Å². The van der Waals surface area contributed by atoms with E-state index >= 15 is 0 Å². The Labute approximate surface area is 188 Å². The summed E-state index contributed by atoms with van der Waals surface area (Å²) in [7, 11) is 1.79. The molecule has 0 bridgehead atoms. The standard InChI is InChI=1S/C19H31N5O2S.HI/c1-3-26-19(25)23-16(14-6-7-14)13-21-18(20-2)22-15-8-10-24(11-9-15)17-5-4-12-27-17;/h4-5,12,14-16H,3,6-11,13H2,1-2H3,(H,23,25)(H2,20,21,22);1H. The Morgan fingerprint density at radius 1 is 1.36 bits per heavy atom. The molecule has 28 heavy (non-hydrogen) atoms. The highest BCUT2D eigenvalue weighted by molar-refractivity contribution is 14.0. The van der Waals surface area contributed by atoms with Gasteiger partial charge in [-0.25, -0.2) is 4.79 Å². The van der Waals surface area contributed by atoms with Crippen LogP contribution in [0.3, 0.4) is 0 Å². The van der Waals surface area contributed by atoms with E-state index in [1.54, 1.807) is 18.4 Å². The van der Waals surface area contributed by atoms with Crippen molar-refractivity contribution in [1.82, 2.24) is 16.0 Å². The average Bonchev–Trinajstić information content (AvgIpc) is 3.38. The normalized spacial score (nSPS) is 18.8. The zero-order valence-electron chi connectivity index (χ0n) is 16.6. The lowest BCUT2D eigenvalue weighted by Gasteiger charge is -2.33. The van der Waals surface area contributed by atoms with Crippen LogP contribution in [0.2, 0.25) is 0 Å². The van der Waals surface area contributed by atoms with Crippen LogP contribution in [0.15, 0.2) is 22.5 Å². The van der Waals surface area contributed by atoms with Gasteiger partial charge in [0.2, 0.25) is 0 Å². The summed E-state index contributed by atoms with van der Waals surface area (Å²) in [5, 5.41) is 13.4. The number of amides is 1. The number of guanidine groups is 1. The first-order valence-electron chi connectivity index (χ1n) is 9.88. The molecule has 1 saturated heterocycles. The third-order valence-electron chi connectivity index (χ3n) is 5.14. The zero-order valence-corrected chi connectivity index (χ0v) is 19.8. The van der Waals surface area contributed by atoms with Crippen LogP contribution in [0.4, 0.5) is 9.80 Å². The molecule has 7 nitrogen and oxygen atoms in total. The SMILES string of the molecule is CCOC(=O)NC(CNC(=NC)NC1CCN(c2cccs2)CC1)C1CC1.I. The minimum absolute atomic E-state index is 0. The van der Waals surface area contributed by atoms with Crippen molar-refractivity contribution in [2.75, 3.05) is 38.2 Å². The second-order valence-electron chi connectivity index (χ2n) is 7.12. The van der Waals surface area contributed by atoms with Crippen molar-refractivity contribution in [3.63, 3.8) is 0 Å². The fourth-order valence-electron chi connectivity index (χ4n) is 3.45. The molecular formula is C19H32IN5O2S. The minimum atomic E-state index is -0.333. The number of piperidine rings is 1. The van der Waals surface area contributed by atoms with Gasteiger partial charge in [-0.05, 0) is 56.0 Å². The molecule has 3 rings (SSSR count). The molecule has 0 spiro atoms. The molecule has 2 fully saturated rings. The number of nitrogens with one attached hydrogen (secondary N) is 3. The third-order valence-corrected chi connectivity index (χ3v) is 6.07. The molecule has 1 aliphatic heterocycles. The molecular weight excluding hydrogens is 489 g/mol. The number of halogens is 1. The molecule has 1 amide bonds. The molecule has 1 aliphatic carbocycles. The Morgan fingerprint density at radius 2 is 2.11 bits per heavy atom. The molecule has 0 aromatic carbocycles. The molecule has 1 saturated carbocycles. The number of carbonyl (C=O) groups is 1. The predicted octanol–water partition coefficient (Wildman–Crippen LogP) is 3.02. The maximum absolute atomic E-state index is 11.7. The molecule has 2 heterocycles. The Bertz CT molecular complexity index is 616. The Kier molecular flexibility index (Phi) is 9.63. The number of ether oxygens (including phenoxy) is 1. The second-order valence-corrected chi connectivity index (χ2v) is 8.04. The molecule has 158 valence electrons. The Morgan fingerprint density at radius 3 is 2.68 bits per heavy atom. The van der Waals surface area contributed by atoms with Crippen LogP contribution in [0.5, 0.6) is 0 Å². The first-order chi connectivity index (χ1) is 13.2. The number of aliphatic imine (C=N–C) groups is 1. The highest BCUT2D eigenvalue weighted by Gasteiger charge is 2.32. The Hall–Kier alpha value is -1.23. The molecule has 0 radical (unpaired) electrons. The van der Waals surface area contributed by atoms with Crippen LogP contribution in [0, 0.1) is 5.92 Å². The number of hydrogen-bond acceptors (Lipinski definition) is 5. The van der Waals surface area contributed by atoms with E-state index in [4.69, 9.17) is 4.74 Å². The quantitative estimate of drug-likeness (QED) is 0.292. The van der Waals surface area contributed by atoms with E-state index in [2.05, 4.69) is 43.4 Å². The van der Waals surface area contributed by atoms with Crippen LogP contribution in [-0.2, 0) is 4.74 Å². The van der Waals surface area contributed by atoms with Crippen molar-refractivity contribution in [3.8, 4) is 0 Å². The van der Waals surface area contributed by atoms with Gasteiger partial charge in [-0.1, -0.05) is 0 Å². The van der Waals surface area contributed by atoms with E-state index in [1.165, 1.54) is 5.00 Å². The molecule has 1 unspecified atom stereocenters. The molecule has 3 N–H and O–H groups in total. The van der Waals surface area contributed by atoms with Gasteiger partial charge in [0.05, 0.1) is 17.6 Å². The highest BCUT2D eigenvalue weighted by atomic mass is 127. The number of rotatable bonds is 7. The summed E-state index contributed by atoms with van der Waals surface area (Å²) < 4.78 is 5.02. The van der Waals surface area contributed by atoms with Gasteiger partial charge in [0, 0.05) is 32.7 Å². The first-order valence-corrected chi connectivity index (χ1v) is 10.8. The fraction of sp³-hybridized carbons (Fsp3) is 0.684. The summed E-state index contributed by atoms with van der Waals surface area (Å²) in [6, 6.07) is 4.80. The number of hydrogen-bond donors (Lipinski definition) is 3. The summed E-state index contributed by atoms with van der Waals surface area (Å²) in [6.07, 6.45) is 4.16. The van der Waals surface area contributed by atoms with Crippen LogP contribution < -0.4 is 20.9 Å². The van der Waals surface area contributed by atoms with Gasteiger partial charge in [-0.3, -0.25) is 4.99 Å². The number of carbonyl (C=O) groups excluding carboxylic acids is 1. The number of nitrogens with zero attached hydrogens (tertiary/aromatic N) is 2. The van der Waals surface area contributed by atoms with E-state index in [0.29, 0.717) is 25.1 Å². The lowest BCUT2D eigenvalue weighted by molar-refractivity contribution is 0.146. The third kappa shape index (κ3) is 6.98. The van der Waals surface area contributed by atoms with Crippen molar-refractivity contribution >= 4 is 52.4 Å². The van der Waals surface area contributed by atoms with Gasteiger partial charge >= 0.3 is 6.09 Å². The van der Waals surface area contributed by atoms with E-state index < -0.39 is 0 Å². The van der Waals surface area contributed by atoms with Gasteiger partial charge in [0.15, 0.2) is 5.96 Å². The average molecular weight is 521 g/mol. The fourth-order valence-corrected chi connectivity index (χ4v) is 4.23. The van der Waals surface area contributed by atoms with Gasteiger partial charge < -0.3 is 25.6 Å². The number of anilines is 1. The Balaban J connectivity index is 0.00000280. The summed E-state index contributed by atoms with van der Waals surface area (Å²) in [5.41, 5.74) is 0. The predicted molar refractivity (Wildman–Crippen MR) is 126 cm³/mol. The molecule has 2 aliphatic rings. The van der Waals surface area contributed by atoms with Crippen molar-refractivity contribution in [2.45, 2.75) is 44.7 Å². The van der Waals surface area contributed by atoms with Gasteiger partial charge in [0.1, 0.15) is 0 Å². The smallest absolute Gasteiger partial charge is 0.407 e. The van der Waals surface area contributed by atoms with Gasteiger partial charge in [-0.2, -0.15) is 0 Å². The number of thiophene rings is 1. The van der Waals surface area contributed by atoms with E-state index in [1.807, 2.05) is 6.92 Å². The molecule has 1 aromatic rings. The molecule has 1 aromatic heterocycles. The monoisotopic (exact) mass is 521 g/mol. The second kappa shape index (κ2) is 11.7. The topological polar surface area (TPSA) is 78.0 Å². The van der Waals surface area contributed by atoms with Crippen molar-refractivity contribution in [3.05, 3.63) is 17.5 Å². The lowest BCUT2D eigenvalue weighted by Crippen LogP contribution is -2.52. The van der Waals surface area contributed by atoms with Crippen LogP contribution in [0.25, 0.3) is 0 Å². The van der Waals surface area contributed by atoms with Crippen molar-refractivity contribution in [1.29, 1.82) is 0 Å². The minimum Gasteiger partial charge on any atom is -0.450 e. The van der Waals surface area contributed by atoms with Gasteiger partial charge in [-0.15, -0.1) is 35.3 Å². The molecule has 1 atom stereocenters. The van der Waals surface area contributed by atoms with E-state index in [9.17, 15) is 4.79 Å². The van der Waals surface area contributed by atoms with E-state index in [-0.39, 0.29) is 36.1 Å². The van der Waals surface area contributed by atoms with Crippen molar-refractivity contribution in [2.24, 2.45) is 10.9 Å². The van der Waals surface area contributed by atoms with Crippen LogP contribution in [-0.4, -0.2) is 57.4 Å². The highest BCUT2D eigenvalue weighted by Crippen LogP contribution is 2.32. The van der Waals surface area contributed by atoms with Crippen LogP contribution in [0.1, 0.15) is 32.6 Å². The maximum Gasteiger partial charge on any atom is 0.407 e. The molecule has 9 heteroatoms. The summed E-state index contributed by atoms with van der Waals surface area (Å²) in [4.78, 5) is 18.5.